The van der Waals surface area contributed by atoms with Gasteiger partial charge in [0.1, 0.15) is 11.6 Å². The van der Waals surface area contributed by atoms with Crippen LogP contribution in [0.3, 0.4) is 0 Å². The molecule has 6 heteroatoms. The van der Waals surface area contributed by atoms with Crippen LogP contribution in [-0.4, -0.2) is 44.8 Å². The van der Waals surface area contributed by atoms with Crippen molar-refractivity contribution in [3.05, 3.63) is 47.3 Å². The molecule has 1 aliphatic rings. The smallest absolute Gasteiger partial charge is 0.153 e. The number of rotatable bonds is 4. The van der Waals surface area contributed by atoms with Crippen LogP contribution >= 0.6 is 0 Å². The van der Waals surface area contributed by atoms with E-state index in [9.17, 15) is 9.50 Å². The van der Waals surface area contributed by atoms with Crippen molar-refractivity contribution in [1.82, 2.24) is 20.1 Å². The van der Waals surface area contributed by atoms with E-state index in [4.69, 9.17) is 0 Å². The summed E-state index contributed by atoms with van der Waals surface area (Å²) in [5.74, 6) is 1.86. The van der Waals surface area contributed by atoms with Gasteiger partial charge in [0, 0.05) is 12.5 Å². The van der Waals surface area contributed by atoms with Crippen molar-refractivity contribution in [1.29, 1.82) is 0 Å². The van der Waals surface area contributed by atoms with Crippen molar-refractivity contribution >= 4 is 0 Å². The number of aromatic nitrogens is 3. The van der Waals surface area contributed by atoms with Crippen LogP contribution < -0.4 is 0 Å². The Morgan fingerprint density at radius 3 is 2.59 bits per heavy atom. The number of aliphatic hydroxyl groups is 1. The van der Waals surface area contributed by atoms with Gasteiger partial charge in [-0.3, -0.25) is 5.10 Å². The number of hydrogen-bond acceptors (Lipinski definition) is 4. The van der Waals surface area contributed by atoms with Crippen LogP contribution in [0.15, 0.2) is 24.3 Å². The van der Waals surface area contributed by atoms with E-state index in [0.717, 1.165) is 43.1 Å². The van der Waals surface area contributed by atoms with E-state index >= 15 is 0 Å². The first kappa shape index (κ1) is 15.1. The van der Waals surface area contributed by atoms with E-state index in [1.54, 1.807) is 12.1 Å². The second-order valence-corrected chi connectivity index (χ2v) is 5.92. The number of nitrogens with zero attached hydrogens (tertiary/aromatic N) is 3. The van der Waals surface area contributed by atoms with Gasteiger partial charge in [-0.2, -0.15) is 5.10 Å². The average Bonchev–Trinajstić information content (AvgIpc) is 2.95. The number of nitrogens with one attached hydrogen (secondary N) is 1. The van der Waals surface area contributed by atoms with Gasteiger partial charge >= 0.3 is 0 Å². The zero-order valence-electron chi connectivity index (χ0n) is 12.7. The summed E-state index contributed by atoms with van der Waals surface area (Å²) >= 11 is 0. The fourth-order valence-electron chi connectivity index (χ4n) is 2.95. The van der Waals surface area contributed by atoms with Crippen molar-refractivity contribution < 1.29 is 9.50 Å². The third kappa shape index (κ3) is 3.51. The number of aromatic amines is 1. The monoisotopic (exact) mass is 304 g/mol. The number of piperidine rings is 1. The third-order valence-electron chi connectivity index (χ3n) is 4.25. The van der Waals surface area contributed by atoms with Gasteiger partial charge in [0.05, 0.1) is 6.10 Å². The van der Waals surface area contributed by atoms with Crippen LogP contribution in [0, 0.1) is 12.7 Å². The van der Waals surface area contributed by atoms with E-state index in [1.807, 2.05) is 6.92 Å². The number of benzene rings is 1. The molecule has 1 aliphatic heterocycles. The summed E-state index contributed by atoms with van der Waals surface area (Å²) in [6.07, 6.45) is 1.41. The largest absolute Gasteiger partial charge is 0.387 e. The first-order chi connectivity index (χ1) is 10.6. The molecule has 0 aliphatic carbocycles. The summed E-state index contributed by atoms with van der Waals surface area (Å²) in [4.78, 5) is 6.65. The quantitative estimate of drug-likeness (QED) is 0.908. The summed E-state index contributed by atoms with van der Waals surface area (Å²) in [5.41, 5.74) is 0.758. The molecular formula is C16H21FN4O. The molecule has 0 spiro atoms. The molecule has 2 heterocycles. The molecular weight excluding hydrogens is 283 g/mol. The van der Waals surface area contributed by atoms with E-state index in [1.165, 1.54) is 12.1 Å². The highest BCUT2D eigenvalue weighted by atomic mass is 19.1. The maximum absolute atomic E-state index is 12.9. The van der Waals surface area contributed by atoms with Gasteiger partial charge in [-0.15, -0.1) is 0 Å². The predicted molar refractivity (Wildman–Crippen MR) is 80.9 cm³/mol. The lowest BCUT2D eigenvalue weighted by atomic mass is 9.95. The van der Waals surface area contributed by atoms with Gasteiger partial charge in [0.25, 0.3) is 0 Å². The van der Waals surface area contributed by atoms with Gasteiger partial charge in [0.2, 0.25) is 0 Å². The zero-order valence-corrected chi connectivity index (χ0v) is 12.7. The van der Waals surface area contributed by atoms with E-state index in [2.05, 4.69) is 20.1 Å². The number of halogens is 1. The van der Waals surface area contributed by atoms with Crippen molar-refractivity contribution in [2.75, 3.05) is 19.6 Å². The fraction of sp³-hybridized carbons (Fsp3) is 0.500. The van der Waals surface area contributed by atoms with Gasteiger partial charge in [0.15, 0.2) is 5.82 Å². The Hall–Kier alpha value is -1.79. The first-order valence-electron chi connectivity index (χ1n) is 7.66. The van der Waals surface area contributed by atoms with Gasteiger partial charge in [-0.05, 0) is 50.6 Å². The van der Waals surface area contributed by atoms with Crippen LogP contribution in [0.25, 0.3) is 0 Å². The number of aryl methyl sites for hydroxylation is 1. The minimum atomic E-state index is -0.581. The molecule has 0 radical (unpaired) electrons. The highest BCUT2D eigenvalue weighted by molar-refractivity contribution is 5.18. The maximum Gasteiger partial charge on any atom is 0.153 e. The normalized spacial score (nSPS) is 18.5. The van der Waals surface area contributed by atoms with Crippen molar-refractivity contribution in [3.8, 4) is 0 Å². The number of aliphatic hydroxyl groups excluding tert-OH is 1. The summed E-state index contributed by atoms with van der Waals surface area (Å²) in [5, 5.41) is 17.4. The molecule has 1 saturated heterocycles. The van der Waals surface area contributed by atoms with Crippen LogP contribution in [-0.2, 0) is 0 Å². The standard InChI is InChI=1S/C16H21FN4O/c1-11-18-16(20-19-11)13-6-8-21(9-7-13)10-15(22)12-2-4-14(17)5-3-12/h2-5,13,15,22H,6-10H2,1H3,(H,18,19,20). The Labute approximate surface area is 129 Å². The van der Waals surface area contributed by atoms with Crippen molar-refractivity contribution in [3.63, 3.8) is 0 Å². The molecule has 118 valence electrons. The Bertz CT molecular complexity index is 605. The molecule has 1 aromatic heterocycles. The Morgan fingerprint density at radius 2 is 2.00 bits per heavy atom. The number of β-amino-alcohol motifs (C(OH)–C–C–N with tert-alkyl or cyclic N) is 1. The molecule has 2 aromatic rings. The number of likely N-dealkylation sites (tertiary alicyclic amines) is 1. The molecule has 1 unspecified atom stereocenters. The van der Waals surface area contributed by atoms with Crippen LogP contribution in [0.5, 0.6) is 0 Å². The summed E-state index contributed by atoms with van der Waals surface area (Å²) in [6, 6.07) is 6.05. The molecule has 1 aromatic carbocycles. The molecule has 0 bridgehead atoms. The second kappa shape index (κ2) is 6.54. The molecule has 0 saturated carbocycles. The van der Waals surface area contributed by atoms with Gasteiger partial charge in [-0.25, -0.2) is 9.37 Å². The molecule has 1 fully saturated rings. The third-order valence-corrected chi connectivity index (χ3v) is 4.25. The summed E-state index contributed by atoms with van der Waals surface area (Å²) < 4.78 is 12.9. The van der Waals surface area contributed by atoms with E-state index < -0.39 is 6.10 Å². The van der Waals surface area contributed by atoms with Crippen LogP contribution in [0.1, 0.15) is 42.1 Å². The number of H-pyrrole nitrogens is 1. The molecule has 3 rings (SSSR count). The van der Waals surface area contributed by atoms with E-state index in [0.29, 0.717) is 12.5 Å². The second-order valence-electron chi connectivity index (χ2n) is 5.92. The topological polar surface area (TPSA) is 65.0 Å². The zero-order chi connectivity index (χ0) is 15.5. The fourth-order valence-corrected chi connectivity index (χ4v) is 2.95. The van der Waals surface area contributed by atoms with Gasteiger partial charge in [-0.1, -0.05) is 12.1 Å². The van der Waals surface area contributed by atoms with Crippen LogP contribution in [0.4, 0.5) is 4.39 Å². The van der Waals surface area contributed by atoms with E-state index in [-0.39, 0.29) is 5.82 Å². The van der Waals surface area contributed by atoms with Crippen LogP contribution in [0.2, 0.25) is 0 Å². The van der Waals surface area contributed by atoms with Crippen molar-refractivity contribution in [2.45, 2.75) is 31.8 Å². The predicted octanol–water partition coefficient (Wildman–Crippen LogP) is 2.17. The van der Waals surface area contributed by atoms with Crippen molar-refractivity contribution in [2.24, 2.45) is 0 Å². The molecule has 1 atom stereocenters. The molecule has 2 N–H and O–H groups in total. The molecule has 0 amide bonds. The minimum Gasteiger partial charge on any atom is -0.387 e. The highest BCUT2D eigenvalue weighted by Gasteiger charge is 2.24. The maximum atomic E-state index is 12.9. The lowest BCUT2D eigenvalue weighted by Gasteiger charge is -2.32. The Balaban J connectivity index is 1.52. The highest BCUT2D eigenvalue weighted by Crippen LogP contribution is 2.26. The average molecular weight is 304 g/mol. The molecule has 5 nitrogen and oxygen atoms in total. The lowest BCUT2D eigenvalue weighted by Crippen LogP contribution is -2.36. The summed E-state index contributed by atoms with van der Waals surface area (Å²) in [7, 11) is 0. The van der Waals surface area contributed by atoms with Gasteiger partial charge < -0.3 is 10.0 Å². The lowest BCUT2D eigenvalue weighted by molar-refractivity contribution is 0.0966. The SMILES string of the molecule is Cc1nc(C2CCN(CC(O)c3ccc(F)cc3)CC2)n[nH]1. The summed E-state index contributed by atoms with van der Waals surface area (Å²) in [6.45, 7) is 4.31. The molecule has 22 heavy (non-hydrogen) atoms. The Kier molecular flexibility index (Phi) is 4.49. The number of hydrogen-bond donors (Lipinski definition) is 2. The minimum absolute atomic E-state index is 0.279. The first-order valence-corrected chi connectivity index (χ1v) is 7.66. The Morgan fingerprint density at radius 1 is 1.32 bits per heavy atom.